The molecule has 1 saturated heterocycles. The molecule has 88 valence electrons. The quantitative estimate of drug-likeness (QED) is 0.820. The predicted octanol–water partition coefficient (Wildman–Crippen LogP) is 2.43. The van der Waals surface area contributed by atoms with Gasteiger partial charge in [0.2, 0.25) is 0 Å². The molecule has 3 unspecified atom stereocenters. The van der Waals surface area contributed by atoms with Crippen LogP contribution in [0.4, 0.5) is 0 Å². The van der Waals surface area contributed by atoms with Gasteiger partial charge in [0.1, 0.15) is 0 Å². The van der Waals surface area contributed by atoms with Crippen molar-refractivity contribution in [2.24, 2.45) is 0 Å². The number of nitrogens with one attached hydrogen (secondary N) is 1. The van der Waals surface area contributed by atoms with Crippen molar-refractivity contribution in [3.8, 4) is 0 Å². The van der Waals surface area contributed by atoms with Gasteiger partial charge in [0, 0.05) is 31.2 Å². The molecule has 1 aliphatic rings. The van der Waals surface area contributed by atoms with Crippen LogP contribution in [-0.4, -0.2) is 30.1 Å². The summed E-state index contributed by atoms with van der Waals surface area (Å²) in [4.78, 5) is 2.57. The Bertz CT molecular complexity index is 313. The summed E-state index contributed by atoms with van der Waals surface area (Å²) >= 11 is 0. The maximum Gasteiger partial charge on any atom is 0.0321 e. The summed E-state index contributed by atoms with van der Waals surface area (Å²) in [6, 6.07) is 12.5. The predicted molar refractivity (Wildman–Crippen MR) is 68.5 cm³/mol. The van der Waals surface area contributed by atoms with Crippen molar-refractivity contribution in [2.45, 2.75) is 38.9 Å². The normalized spacial score (nSPS) is 28.9. The molecule has 1 aromatic rings. The average molecular weight is 218 g/mol. The molecular weight excluding hydrogens is 196 g/mol. The summed E-state index contributed by atoms with van der Waals surface area (Å²) < 4.78 is 0. The van der Waals surface area contributed by atoms with Gasteiger partial charge in [-0.25, -0.2) is 0 Å². The topological polar surface area (TPSA) is 15.3 Å². The van der Waals surface area contributed by atoms with E-state index < -0.39 is 0 Å². The lowest BCUT2D eigenvalue weighted by Crippen LogP contribution is -2.54. The molecule has 2 heteroatoms. The first-order chi connectivity index (χ1) is 7.66. The Labute approximate surface area is 98.7 Å². The van der Waals surface area contributed by atoms with Gasteiger partial charge in [0.25, 0.3) is 0 Å². The Hall–Kier alpha value is -0.860. The average Bonchev–Trinajstić information content (AvgIpc) is 2.28. The number of piperazine rings is 1. The lowest BCUT2D eigenvalue weighted by Gasteiger charge is -2.39. The van der Waals surface area contributed by atoms with Gasteiger partial charge in [0.15, 0.2) is 0 Å². The second-order valence-corrected chi connectivity index (χ2v) is 5.01. The molecule has 1 aliphatic heterocycles. The van der Waals surface area contributed by atoms with Crippen molar-refractivity contribution >= 4 is 0 Å². The molecule has 1 N–H and O–H groups in total. The van der Waals surface area contributed by atoms with E-state index in [-0.39, 0.29) is 0 Å². The van der Waals surface area contributed by atoms with E-state index in [0.29, 0.717) is 18.1 Å². The van der Waals surface area contributed by atoms with E-state index in [1.807, 2.05) is 0 Å². The van der Waals surface area contributed by atoms with Crippen molar-refractivity contribution in [3.05, 3.63) is 35.9 Å². The summed E-state index contributed by atoms with van der Waals surface area (Å²) in [5, 5.41) is 3.57. The van der Waals surface area contributed by atoms with Crippen LogP contribution in [0, 0.1) is 0 Å². The van der Waals surface area contributed by atoms with E-state index >= 15 is 0 Å². The maximum absolute atomic E-state index is 3.57. The minimum absolute atomic E-state index is 0.521. The minimum atomic E-state index is 0.521. The zero-order chi connectivity index (χ0) is 11.5. The fourth-order valence-corrected chi connectivity index (χ4v) is 2.63. The molecule has 0 radical (unpaired) electrons. The molecule has 0 amide bonds. The van der Waals surface area contributed by atoms with Gasteiger partial charge in [-0.15, -0.1) is 0 Å². The molecule has 2 nitrogen and oxygen atoms in total. The van der Waals surface area contributed by atoms with Gasteiger partial charge < -0.3 is 5.32 Å². The highest BCUT2D eigenvalue weighted by Gasteiger charge is 2.24. The highest BCUT2D eigenvalue weighted by atomic mass is 15.2. The Morgan fingerprint density at radius 2 is 1.69 bits per heavy atom. The second-order valence-electron chi connectivity index (χ2n) is 5.01. The number of rotatable bonds is 2. The fourth-order valence-electron chi connectivity index (χ4n) is 2.63. The van der Waals surface area contributed by atoms with Gasteiger partial charge in [-0.2, -0.15) is 0 Å². The minimum Gasteiger partial charge on any atom is -0.309 e. The molecule has 0 aromatic heterocycles. The lowest BCUT2D eigenvalue weighted by atomic mass is 10.0. The molecule has 0 saturated carbocycles. The van der Waals surface area contributed by atoms with Crippen LogP contribution >= 0.6 is 0 Å². The van der Waals surface area contributed by atoms with Crippen molar-refractivity contribution < 1.29 is 0 Å². The molecule has 16 heavy (non-hydrogen) atoms. The number of nitrogens with zero attached hydrogens (tertiary/aromatic N) is 1. The molecule has 0 aliphatic carbocycles. The fraction of sp³-hybridized carbons (Fsp3) is 0.571. The van der Waals surface area contributed by atoms with E-state index in [9.17, 15) is 0 Å². The smallest absolute Gasteiger partial charge is 0.0321 e. The first-order valence-corrected chi connectivity index (χ1v) is 6.22. The molecule has 1 heterocycles. The Balaban J connectivity index is 2.07. The molecule has 3 atom stereocenters. The van der Waals surface area contributed by atoms with Crippen LogP contribution in [0.2, 0.25) is 0 Å². The number of benzene rings is 1. The Morgan fingerprint density at radius 1 is 1.12 bits per heavy atom. The highest BCUT2D eigenvalue weighted by Crippen LogP contribution is 2.22. The van der Waals surface area contributed by atoms with Crippen LogP contribution in [0.5, 0.6) is 0 Å². The highest BCUT2D eigenvalue weighted by molar-refractivity contribution is 5.18. The monoisotopic (exact) mass is 218 g/mol. The summed E-state index contributed by atoms with van der Waals surface area (Å²) in [5.41, 5.74) is 1.42. The van der Waals surface area contributed by atoms with Gasteiger partial charge in [-0.05, 0) is 26.3 Å². The van der Waals surface area contributed by atoms with Gasteiger partial charge in [-0.3, -0.25) is 4.90 Å². The molecule has 1 aromatic carbocycles. The van der Waals surface area contributed by atoms with Crippen LogP contribution in [0.3, 0.4) is 0 Å². The van der Waals surface area contributed by atoms with Crippen molar-refractivity contribution in [3.63, 3.8) is 0 Å². The van der Waals surface area contributed by atoms with Crippen molar-refractivity contribution in [1.29, 1.82) is 0 Å². The van der Waals surface area contributed by atoms with E-state index in [0.717, 1.165) is 13.1 Å². The largest absolute Gasteiger partial charge is 0.309 e. The van der Waals surface area contributed by atoms with Crippen LogP contribution in [0.15, 0.2) is 30.3 Å². The number of hydrogen-bond acceptors (Lipinski definition) is 2. The third-order valence-electron chi connectivity index (χ3n) is 3.42. The summed E-state index contributed by atoms with van der Waals surface area (Å²) in [7, 11) is 0. The second kappa shape index (κ2) is 4.98. The zero-order valence-corrected chi connectivity index (χ0v) is 10.5. The Morgan fingerprint density at radius 3 is 2.25 bits per heavy atom. The van der Waals surface area contributed by atoms with Gasteiger partial charge >= 0.3 is 0 Å². The summed E-state index contributed by atoms with van der Waals surface area (Å²) in [6.07, 6.45) is 0. The van der Waals surface area contributed by atoms with Crippen LogP contribution in [0.25, 0.3) is 0 Å². The van der Waals surface area contributed by atoms with E-state index in [4.69, 9.17) is 0 Å². The SMILES string of the molecule is CC1CN(C(C)c2ccccc2)CC(C)N1. The molecular formula is C14H22N2. The van der Waals surface area contributed by atoms with Crippen molar-refractivity contribution in [2.75, 3.05) is 13.1 Å². The zero-order valence-electron chi connectivity index (χ0n) is 10.5. The van der Waals surface area contributed by atoms with Gasteiger partial charge in [0.05, 0.1) is 0 Å². The van der Waals surface area contributed by atoms with Gasteiger partial charge in [-0.1, -0.05) is 30.3 Å². The van der Waals surface area contributed by atoms with E-state index in [1.54, 1.807) is 0 Å². The maximum atomic E-state index is 3.57. The molecule has 0 bridgehead atoms. The number of hydrogen-bond donors (Lipinski definition) is 1. The lowest BCUT2D eigenvalue weighted by molar-refractivity contribution is 0.131. The summed E-state index contributed by atoms with van der Waals surface area (Å²) in [6.45, 7) is 9.11. The summed E-state index contributed by atoms with van der Waals surface area (Å²) in [5.74, 6) is 0. The Kier molecular flexibility index (Phi) is 3.62. The first-order valence-electron chi connectivity index (χ1n) is 6.22. The van der Waals surface area contributed by atoms with E-state index in [1.165, 1.54) is 5.56 Å². The molecule has 2 rings (SSSR count). The third kappa shape index (κ3) is 2.63. The van der Waals surface area contributed by atoms with Crippen molar-refractivity contribution in [1.82, 2.24) is 10.2 Å². The standard InChI is InChI=1S/C14H22N2/c1-11-9-16(10-12(2)15-11)13(3)14-7-5-4-6-8-14/h4-8,11-13,15H,9-10H2,1-3H3. The molecule has 1 fully saturated rings. The van der Waals surface area contributed by atoms with E-state index in [2.05, 4.69) is 61.3 Å². The van der Waals surface area contributed by atoms with Crippen LogP contribution in [0.1, 0.15) is 32.4 Å². The molecule has 0 spiro atoms. The first kappa shape index (κ1) is 11.6. The van der Waals surface area contributed by atoms with Crippen LogP contribution < -0.4 is 5.32 Å². The van der Waals surface area contributed by atoms with Crippen LogP contribution in [-0.2, 0) is 0 Å². The third-order valence-corrected chi connectivity index (χ3v) is 3.42.